The van der Waals surface area contributed by atoms with Crippen LogP contribution in [-0.2, 0) is 0 Å². The largest absolute Gasteiger partial charge is 0.313 e. The van der Waals surface area contributed by atoms with Gasteiger partial charge in [-0.1, -0.05) is 39.0 Å². The summed E-state index contributed by atoms with van der Waals surface area (Å²) in [6.07, 6.45) is 13.1. The lowest BCUT2D eigenvalue weighted by Gasteiger charge is -2.30. The molecular weight excluding hydrogens is 226 g/mol. The number of hydrogen-bond donors (Lipinski definition) is 1. The van der Waals surface area contributed by atoms with Crippen LogP contribution in [0.1, 0.15) is 64.7 Å². The summed E-state index contributed by atoms with van der Waals surface area (Å²) < 4.78 is 0. The summed E-state index contributed by atoms with van der Waals surface area (Å²) in [5.74, 6) is 2.41. The minimum absolute atomic E-state index is 0.797. The van der Waals surface area contributed by atoms with E-state index in [2.05, 4.69) is 24.0 Å². The highest BCUT2D eigenvalue weighted by atomic mass is 32.2. The molecule has 17 heavy (non-hydrogen) atoms. The lowest BCUT2D eigenvalue weighted by Crippen LogP contribution is -2.35. The van der Waals surface area contributed by atoms with Crippen LogP contribution in [-0.4, -0.2) is 23.6 Å². The summed E-state index contributed by atoms with van der Waals surface area (Å²) in [5.41, 5.74) is 0. The monoisotopic (exact) mass is 255 g/mol. The van der Waals surface area contributed by atoms with Gasteiger partial charge in [0.15, 0.2) is 0 Å². The Morgan fingerprint density at radius 1 is 1.12 bits per heavy atom. The Labute approximate surface area is 112 Å². The highest BCUT2D eigenvalue weighted by molar-refractivity contribution is 7.99. The Balaban J connectivity index is 1.65. The van der Waals surface area contributed by atoms with Crippen LogP contribution >= 0.6 is 11.8 Å². The van der Waals surface area contributed by atoms with Gasteiger partial charge in [0.25, 0.3) is 0 Å². The summed E-state index contributed by atoms with van der Waals surface area (Å²) in [5, 5.41) is 4.76. The summed E-state index contributed by atoms with van der Waals surface area (Å²) in [6.45, 7) is 3.49. The Morgan fingerprint density at radius 2 is 1.88 bits per heavy atom. The molecule has 1 atom stereocenters. The predicted octanol–water partition coefficient (Wildman–Crippen LogP) is 4.22. The van der Waals surface area contributed by atoms with Gasteiger partial charge in [-0.05, 0) is 38.1 Å². The van der Waals surface area contributed by atoms with Gasteiger partial charge in [-0.15, -0.1) is 0 Å². The molecule has 0 aliphatic heterocycles. The maximum absolute atomic E-state index is 3.77. The molecule has 2 fully saturated rings. The van der Waals surface area contributed by atoms with Gasteiger partial charge in [-0.2, -0.15) is 11.8 Å². The number of rotatable bonds is 8. The zero-order chi connectivity index (χ0) is 11.9. The first-order chi connectivity index (χ1) is 8.38. The molecule has 2 saturated carbocycles. The Kier molecular flexibility index (Phi) is 6.21. The first-order valence-corrected chi connectivity index (χ1v) is 8.78. The normalized spacial score (nSPS) is 23.8. The summed E-state index contributed by atoms with van der Waals surface area (Å²) in [6, 6.07) is 0.797. The minimum atomic E-state index is 0.797. The van der Waals surface area contributed by atoms with E-state index >= 15 is 0 Å². The summed E-state index contributed by atoms with van der Waals surface area (Å²) in [4.78, 5) is 0. The fraction of sp³-hybridized carbons (Fsp3) is 1.00. The fourth-order valence-corrected chi connectivity index (χ4v) is 4.42. The van der Waals surface area contributed by atoms with Gasteiger partial charge >= 0.3 is 0 Å². The average Bonchev–Trinajstić information content (AvgIpc) is 2.78. The molecule has 1 unspecified atom stereocenters. The van der Waals surface area contributed by atoms with E-state index in [0.29, 0.717) is 0 Å². The molecule has 2 aliphatic rings. The lowest BCUT2D eigenvalue weighted by molar-refractivity contribution is 0.268. The molecule has 0 aromatic rings. The van der Waals surface area contributed by atoms with Gasteiger partial charge in [0, 0.05) is 17.0 Å². The van der Waals surface area contributed by atoms with Crippen LogP contribution in [0.3, 0.4) is 0 Å². The fourth-order valence-electron chi connectivity index (χ4n) is 3.00. The van der Waals surface area contributed by atoms with Gasteiger partial charge in [-0.25, -0.2) is 0 Å². The molecule has 0 aromatic carbocycles. The Morgan fingerprint density at radius 3 is 2.47 bits per heavy atom. The highest BCUT2D eigenvalue weighted by Gasteiger charge is 2.23. The van der Waals surface area contributed by atoms with Crippen molar-refractivity contribution < 1.29 is 0 Å². The predicted molar refractivity (Wildman–Crippen MR) is 78.8 cm³/mol. The van der Waals surface area contributed by atoms with Crippen molar-refractivity contribution in [2.75, 3.05) is 12.3 Å². The van der Waals surface area contributed by atoms with Crippen LogP contribution in [0.25, 0.3) is 0 Å². The molecule has 100 valence electrons. The van der Waals surface area contributed by atoms with Crippen molar-refractivity contribution in [1.82, 2.24) is 5.32 Å². The lowest BCUT2D eigenvalue weighted by atomic mass is 9.81. The molecule has 0 aromatic heterocycles. The van der Waals surface area contributed by atoms with E-state index in [1.807, 2.05) is 0 Å². The molecule has 2 aliphatic carbocycles. The van der Waals surface area contributed by atoms with Crippen molar-refractivity contribution in [3.8, 4) is 0 Å². The highest BCUT2D eigenvalue weighted by Crippen LogP contribution is 2.33. The zero-order valence-corrected chi connectivity index (χ0v) is 12.2. The second kappa shape index (κ2) is 7.68. The maximum Gasteiger partial charge on any atom is 0.0160 e. The molecule has 0 saturated heterocycles. The topological polar surface area (TPSA) is 12.0 Å². The number of hydrogen-bond acceptors (Lipinski definition) is 2. The Bertz CT molecular complexity index is 197. The minimum Gasteiger partial charge on any atom is -0.313 e. The van der Waals surface area contributed by atoms with E-state index in [9.17, 15) is 0 Å². The van der Waals surface area contributed by atoms with Crippen LogP contribution in [0.5, 0.6) is 0 Å². The van der Waals surface area contributed by atoms with Crippen molar-refractivity contribution in [2.24, 2.45) is 5.92 Å². The molecule has 0 amide bonds. The van der Waals surface area contributed by atoms with Crippen molar-refractivity contribution in [2.45, 2.75) is 76.0 Å². The van der Waals surface area contributed by atoms with E-state index in [1.165, 1.54) is 70.1 Å². The van der Waals surface area contributed by atoms with E-state index in [-0.39, 0.29) is 0 Å². The third-order valence-corrected chi connectivity index (χ3v) is 5.90. The van der Waals surface area contributed by atoms with Crippen molar-refractivity contribution in [3.63, 3.8) is 0 Å². The third-order valence-electron chi connectivity index (χ3n) is 4.36. The van der Waals surface area contributed by atoms with Crippen molar-refractivity contribution in [1.29, 1.82) is 0 Å². The molecule has 0 heterocycles. The van der Waals surface area contributed by atoms with Crippen LogP contribution in [0, 0.1) is 5.92 Å². The Hall–Kier alpha value is 0.310. The second-order valence-corrected chi connectivity index (χ2v) is 7.26. The van der Waals surface area contributed by atoms with Gasteiger partial charge in [0.05, 0.1) is 0 Å². The van der Waals surface area contributed by atoms with Gasteiger partial charge in [0.2, 0.25) is 0 Å². The molecular formula is C15H29NS. The summed E-state index contributed by atoms with van der Waals surface area (Å²) >= 11 is 2.26. The molecule has 0 spiro atoms. The number of nitrogens with one attached hydrogen (secondary N) is 1. The first-order valence-electron chi connectivity index (χ1n) is 7.73. The van der Waals surface area contributed by atoms with Crippen molar-refractivity contribution >= 4 is 11.8 Å². The maximum atomic E-state index is 3.77. The molecule has 2 heteroatoms. The van der Waals surface area contributed by atoms with Crippen LogP contribution in [0.15, 0.2) is 0 Å². The smallest absolute Gasteiger partial charge is 0.0160 e. The summed E-state index contributed by atoms with van der Waals surface area (Å²) in [7, 11) is 0. The van der Waals surface area contributed by atoms with Crippen molar-refractivity contribution in [3.05, 3.63) is 0 Å². The van der Waals surface area contributed by atoms with Crippen LogP contribution < -0.4 is 5.32 Å². The molecule has 2 rings (SSSR count). The van der Waals surface area contributed by atoms with Gasteiger partial charge in [-0.3, -0.25) is 0 Å². The van der Waals surface area contributed by atoms with E-state index in [0.717, 1.165) is 17.2 Å². The van der Waals surface area contributed by atoms with Crippen LogP contribution in [0.4, 0.5) is 0 Å². The zero-order valence-electron chi connectivity index (χ0n) is 11.4. The van der Waals surface area contributed by atoms with Crippen LogP contribution in [0.2, 0.25) is 0 Å². The molecule has 0 bridgehead atoms. The third kappa shape index (κ3) is 4.82. The molecule has 1 nitrogen and oxygen atoms in total. The van der Waals surface area contributed by atoms with Gasteiger partial charge < -0.3 is 5.32 Å². The quantitative estimate of drug-likeness (QED) is 0.697. The molecule has 0 radical (unpaired) electrons. The molecule has 1 N–H and O–H groups in total. The van der Waals surface area contributed by atoms with E-state index < -0.39 is 0 Å². The SMILES string of the molecule is CCCNC(CSC1CCCC1)CC1CCC1. The van der Waals surface area contributed by atoms with Gasteiger partial charge in [0.1, 0.15) is 0 Å². The van der Waals surface area contributed by atoms with E-state index in [4.69, 9.17) is 0 Å². The first kappa shape index (κ1) is 13.7. The average molecular weight is 255 g/mol. The number of thioether (sulfide) groups is 1. The second-order valence-electron chi connectivity index (χ2n) is 5.92. The standard InChI is InChI=1S/C15H29NS/c1-2-10-16-14(11-13-6-5-7-13)12-17-15-8-3-4-9-15/h13-16H,2-12H2,1H3. The van der Waals surface area contributed by atoms with E-state index in [1.54, 1.807) is 0 Å².